The third kappa shape index (κ3) is 3.24. The van der Waals surface area contributed by atoms with Crippen molar-refractivity contribution in [3.05, 3.63) is 66.3 Å². The minimum absolute atomic E-state index is 0.706. The van der Waals surface area contributed by atoms with E-state index in [4.69, 9.17) is 0 Å². The van der Waals surface area contributed by atoms with Crippen molar-refractivity contribution in [1.82, 2.24) is 4.57 Å². The van der Waals surface area contributed by atoms with Crippen LogP contribution in [0.15, 0.2) is 65.8 Å². The molecule has 0 spiro atoms. The van der Waals surface area contributed by atoms with Crippen molar-refractivity contribution in [2.24, 2.45) is 4.99 Å². The summed E-state index contributed by atoms with van der Waals surface area (Å²) in [4.78, 5) is 15.9. The maximum Gasteiger partial charge on any atom is 0.219 e. The zero-order valence-electron chi connectivity index (χ0n) is 13.3. The predicted molar refractivity (Wildman–Crippen MR) is 94.9 cm³/mol. The van der Waals surface area contributed by atoms with Crippen LogP contribution < -0.4 is 5.49 Å². The second-order valence-electron chi connectivity index (χ2n) is 5.55. The number of rotatable bonds is 5. The topological polar surface area (TPSA) is 34.4 Å². The highest BCUT2D eigenvalue weighted by Crippen LogP contribution is 2.27. The molecule has 0 atom stereocenters. The average Bonchev–Trinajstić information content (AvgIpc) is 2.61. The number of carbonyl (C=O) groups excluding carboxylic acids is 1. The summed E-state index contributed by atoms with van der Waals surface area (Å²) in [6, 6.07) is 18.5. The summed E-state index contributed by atoms with van der Waals surface area (Å²) in [5.41, 5.74) is 2.85. The maximum absolute atomic E-state index is 11.4. The Labute approximate surface area is 135 Å². The summed E-state index contributed by atoms with van der Waals surface area (Å²) < 4.78 is 1.56. The Kier molecular flexibility index (Phi) is 4.67. The fourth-order valence-corrected chi connectivity index (χ4v) is 2.72. The Morgan fingerprint density at radius 3 is 2.70 bits per heavy atom. The van der Waals surface area contributed by atoms with Crippen LogP contribution in [-0.2, 0) is 4.79 Å². The molecule has 0 saturated carbocycles. The molecule has 0 unspecified atom stereocenters. The lowest BCUT2D eigenvalue weighted by Crippen LogP contribution is -2.20. The second-order valence-corrected chi connectivity index (χ2v) is 5.55. The van der Waals surface area contributed by atoms with Crippen molar-refractivity contribution >= 4 is 17.2 Å². The molecular formula is C20H20N2O. The molecule has 3 rings (SSSR count). The van der Waals surface area contributed by atoms with Gasteiger partial charge in [-0.15, -0.1) is 0 Å². The summed E-state index contributed by atoms with van der Waals surface area (Å²) in [6.07, 6.45) is 4.81. The first kappa shape index (κ1) is 15.2. The van der Waals surface area contributed by atoms with Crippen LogP contribution in [0.5, 0.6) is 0 Å². The minimum atomic E-state index is 0.706. The van der Waals surface area contributed by atoms with Crippen LogP contribution in [0, 0.1) is 0 Å². The van der Waals surface area contributed by atoms with E-state index in [1.165, 1.54) is 10.8 Å². The third-order valence-corrected chi connectivity index (χ3v) is 3.95. The molecule has 0 N–H and O–H groups in total. The Balaban J connectivity index is 2.10. The second kappa shape index (κ2) is 7.05. The van der Waals surface area contributed by atoms with Crippen molar-refractivity contribution in [2.75, 3.05) is 6.54 Å². The number of carbonyl (C=O) groups is 1. The number of aromatic nitrogens is 1. The van der Waals surface area contributed by atoms with Crippen LogP contribution in [0.3, 0.4) is 0 Å². The predicted octanol–water partition coefficient (Wildman–Crippen LogP) is 4.05. The summed E-state index contributed by atoms with van der Waals surface area (Å²) in [7, 11) is 0. The number of hydrogen-bond donors (Lipinski definition) is 0. The normalized spacial score (nSPS) is 11.8. The van der Waals surface area contributed by atoms with Gasteiger partial charge in [-0.3, -0.25) is 14.4 Å². The van der Waals surface area contributed by atoms with Gasteiger partial charge in [0.2, 0.25) is 6.41 Å². The molecule has 0 bridgehead atoms. The first-order valence-corrected chi connectivity index (χ1v) is 7.99. The maximum atomic E-state index is 11.4. The van der Waals surface area contributed by atoms with E-state index in [1.54, 1.807) is 4.57 Å². The van der Waals surface area contributed by atoms with Gasteiger partial charge in [0.15, 0.2) is 0 Å². The van der Waals surface area contributed by atoms with E-state index in [2.05, 4.69) is 36.2 Å². The minimum Gasteiger partial charge on any atom is -0.278 e. The van der Waals surface area contributed by atoms with Gasteiger partial charge in [-0.25, -0.2) is 0 Å². The van der Waals surface area contributed by atoms with Crippen molar-refractivity contribution in [1.29, 1.82) is 0 Å². The van der Waals surface area contributed by atoms with Gasteiger partial charge in [0.05, 0.1) is 0 Å². The molecular weight excluding hydrogens is 284 g/mol. The number of pyridine rings is 1. The monoisotopic (exact) mass is 304 g/mol. The van der Waals surface area contributed by atoms with E-state index in [0.29, 0.717) is 5.49 Å². The smallest absolute Gasteiger partial charge is 0.219 e. The fraction of sp³-hybridized carbons (Fsp3) is 0.200. The van der Waals surface area contributed by atoms with Gasteiger partial charge in [-0.05, 0) is 40.5 Å². The quantitative estimate of drug-likeness (QED) is 0.517. The molecule has 3 nitrogen and oxygen atoms in total. The van der Waals surface area contributed by atoms with E-state index >= 15 is 0 Å². The SMILES string of the molecule is CCCC/N=c1/ccc(-c2cccc3ccccc23)cn1C=O. The summed E-state index contributed by atoms with van der Waals surface area (Å²) >= 11 is 0. The molecule has 23 heavy (non-hydrogen) atoms. The number of benzene rings is 2. The van der Waals surface area contributed by atoms with Crippen LogP contribution >= 0.6 is 0 Å². The zero-order chi connectivity index (χ0) is 16.1. The van der Waals surface area contributed by atoms with Gasteiger partial charge in [-0.2, -0.15) is 0 Å². The molecule has 3 heteroatoms. The molecule has 116 valence electrons. The van der Waals surface area contributed by atoms with E-state index in [0.717, 1.165) is 36.9 Å². The molecule has 3 aromatic rings. The molecule has 0 aliphatic heterocycles. The molecule has 0 amide bonds. The highest BCUT2D eigenvalue weighted by Gasteiger charge is 2.04. The van der Waals surface area contributed by atoms with Crippen LogP contribution in [0.1, 0.15) is 19.8 Å². The average molecular weight is 304 g/mol. The molecule has 1 heterocycles. The number of fused-ring (bicyclic) bond motifs is 1. The Morgan fingerprint density at radius 2 is 1.87 bits per heavy atom. The summed E-state index contributed by atoms with van der Waals surface area (Å²) in [6.45, 7) is 2.88. The number of unbranched alkanes of at least 4 members (excludes halogenated alkanes) is 1. The van der Waals surface area contributed by atoms with Gasteiger partial charge in [0, 0.05) is 12.7 Å². The molecule has 0 radical (unpaired) electrons. The fourth-order valence-electron chi connectivity index (χ4n) is 2.72. The molecule has 1 aromatic heterocycles. The molecule has 2 aromatic carbocycles. The first-order chi connectivity index (χ1) is 11.3. The molecule has 0 aliphatic rings. The third-order valence-electron chi connectivity index (χ3n) is 3.95. The van der Waals surface area contributed by atoms with Gasteiger partial charge >= 0.3 is 0 Å². The van der Waals surface area contributed by atoms with Crippen LogP contribution in [0.25, 0.3) is 21.9 Å². The first-order valence-electron chi connectivity index (χ1n) is 7.99. The molecule has 0 saturated heterocycles. The number of hydrogen-bond acceptors (Lipinski definition) is 2. The lowest BCUT2D eigenvalue weighted by Gasteiger charge is -2.08. The summed E-state index contributed by atoms with van der Waals surface area (Å²) in [5.74, 6) is 0. The highest BCUT2D eigenvalue weighted by atomic mass is 16.1. The molecule has 0 fully saturated rings. The summed E-state index contributed by atoms with van der Waals surface area (Å²) in [5, 5.41) is 2.38. The van der Waals surface area contributed by atoms with E-state index in [9.17, 15) is 4.79 Å². The van der Waals surface area contributed by atoms with E-state index in [1.807, 2.05) is 36.5 Å². The van der Waals surface area contributed by atoms with Gasteiger partial charge in [0.25, 0.3) is 0 Å². The Morgan fingerprint density at radius 1 is 1.04 bits per heavy atom. The van der Waals surface area contributed by atoms with Crippen molar-refractivity contribution in [3.8, 4) is 11.1 Å². The van der Waals surface area contributed by atoms with Gasteiger partial charge < -0.3 is 0 Å². The van der Waals surface area contributed by atoms with Gasteiger partial charge in [0.1, 0.15) is 5.49 Å². The van der Waals surface area contributed by atoms with E-state index < -0.39 is 0 Å². The Hall–Kier alpha value is -2.68. The van der Waals surface area contributed by atoms with Gasteiger partial charge in [-0.1, -0.05) is 55.8 Å². The van der Waals surface area contributed by atoms with Crippen molar-refractivity contribution in [3.63, 3.8) is 0 Å². The lowest BCUT2D eigenvalue weighted by atomic mass is 9.99. The Bertz CT molecular complexity index is 888. The number of nitrogens with zero attached hydrogens (tertiary/aromatic N) is 2. The lowest BCUT2D eigenvalue weighted by molar-refractivity contribution is 0.544. The van der Waals surface area contributed by atoms with Crippen molar-refractivity contribution in [2.45, 2.75) is 19.8 Å². The van der Waals surface area contributed by atoms with Crippen LogP contribution in [0.2, 0.25) is 0 Å². The van der Waals surface area contributed by atoms with E-state index in [-0.39, 0.29) is 0 Å². The standard InChI is InChI=1S/C20H20N2O/c1-2-3-13-21-20-12-11-17(14-22(20)15-23)19-10-6-8-16-7-4-5-9-18(16)19/h4-12,14-15H,2-3,13H2,1H3/b21-20-. The highest BCUT2D eigenvalue weighted by molar-refractivity contribution is 5.96. The zero-order valence-corrected chi connectivity index (χ0v) is 13.3. The van der Waals surface area contributed by atoms with Crippen molar-refractivity contribution < 1.29 is 4.79 Å². The van der Waals surface area contributed by atoms with Crippen LogP contribution in [-0.4, -0.2) is 17.5 Å². The molecule has 0 aliphatic carbocycles. The largest absolute Gasteiger partial charge is 0.278 e. The van der Waals surface area contributed by atoms with Crippen LogP contribution in [0.4, 0.5) is 0 Å².